The van der Waals surface area contributed by atoms with Crippen LogP contribution < -0.4 is 5.73 Å². The van der Waals surface area contributed by atoms with E-state index in [9.17, 15) is 4.79 Å². The summed E-state index contributed by atoms with van der Waals surface area (Å²) in [6.07, 6.45) is 0.770. The Morgan fingerprint density at radius 3 is 2.33 bits per heavy atom. The zero-order valence-electron chi connectivity index (χ0n) is 15.7. The van der Waals surface area contributed by atoms with Crippen LogP contribution in [-0.2, 0) is 17.8 Å². The Morgan fingerprint density at radius 2 is 1.67 bits per heavy atom. The van der Waals surface area contributed by atoms with Crippen LogP contribution in [0, 0.1) is 0 Å². The average molecular weight is 360 g/mol. The number of nitrogens with one attached hydrogen (secondary N) is 1. The minimum atomic E-state index is -0.862. The van der Waals surface area contributed by atoms with Crippen LogP contribution in [0.3, 0.4) is 0 Å². The number of benzene rings is 2. The van der Waals surface area contributed by atoms with Gasteiger partial charge in [-0.25, -0.2) is 0 Å². The number of amides is 1. The van der Waals surface area contributed by atoms with Gasteiger partial charge in [0.05, 0.1) is 11.2 Å². The summed E-state index contributed by atoms with van der Waals surface area (Å²) in [6, 6.07) is 18.7. The molecule has 27 heavy (non-hydrogen) atoms. The fraction of sp³-hybridized carbons (Fsp3) is 0.273. The Bertz CT molecular complexity index is 952. The van der Waals surface area contributed by atoms with E-state index >= 15 is 0 Å². The predicted octanol–water partition coefficient (Wildman–Crippen LogP) is 3.37. The molecule has 5 nitrogen and oxygen atoms in total. The fourth-order valence-corrected chi connectivity index (χ4v) is 3.57. The number of fused-ring (bicyclic) bond motifs is 1. The number of hydrogen-bond acceptors (Lipinski definition) is 3. The first-order valence-corrected chi connectivity index (χ1v) is 9.24. The topological polar surface area (TPSA) is 75.0 Å². The molecule has 0 atom stereocenters. The average Bonchev–Trinajstić information content (AvgIpc) is 3.10. The van der Waals surface area contributed by atoms with E-state index in [4.69, 9.17) is 5.73 Å². The molecule has 0 bridgehead atoms. The fourth-order valence-electron chi connectivity index (χ4n) is 3.57. The van der Waals surface area contributed by atoms with Crippen LogP contribution >= 0.6 is 0 Å². The molecule has 5 heteroatoms. The van der Waals surface area contributed by atoms with E-state index in [1.165, 1.54) is 11.1 Å². The van der Waals surface area contributed by atoms with E-state index in [1.807, 2.05) is 23.1 Å². The number of carbonyl (C=O) groups excluding carboxylic acids is 1. The molecule has 3 aromatic rings. The second-order valence-corrected chi connectivity index (χ2v) is 7.67. The molecular weight excluding hydrogens is 336 g/mol. The van der Waals surface area contributed by atoms with Crippen molar-refractivity contribution >= 4 is 5.91 Å². The third-order valence-electron chi connectivity index (χ3n) is 5.04. The lowest BCUT2D eigenvalue weighted by Crippen LogP contribution is -2.52. The van der Waals surface area contributed by atoms with Gasteiger partial charge in [-0.1, -0.05) is 54.6 Å². The maximum absolute atomic E-state index is 12.6. The standard InChI is InChI=1S/C22H24N4O/c1-22(2,23)21(27)26-13-12-19-18(14-26)20(25-24-19)17-10-8-16(9-11-17)15-6-4-3-5-7-15/h3-11H,12-14,23H2,1-2H3,(H,24,25). The van der Waals surface area contributed by atoms with Gasteiger partial charge < -0.3 is 10.6 Å². The molecular formula is C22H24N4O. The summed E-state index contributed by atoms with van der Waals surface area (Å²) in [5.74, 6) is -0.0280. The Morgan fingerprint density at radius 1 is 1.04 bits per heavy atom. The smallest absolute Gasteiger partial charge is 0.242 e. The summed E-state index contributed by atoms with van der Waals surface area (Å²) < 4.78 is 0. The third kappa shape index (κ3) is 3.38. The highest BCUT2D eigenvalue weighted by atomic mass is 16.2. The highest BCUT2D eigenvalue weighted by Gasteiger charge is 2.32. The molecule has 1 amide bonds. The first-order valence-electron chi connectivity index (χ1n) is 9.24. The number of hydrogen-bond donors (Lipinski definition) is 2. The Kier molecular flexibility index (Phi) is 4.32. The molecule has 4 rings (SSSR count). The van der Waals surface area contributed by atoms with Crippen molar-refractivity contribution in [3.05, 3.63) is 65.9 Å². The summed E-state index contributed by atoms with van der Waals surface area (Å²) in [6.45, 7) is 4.72. The van der Waals surface area contributed by atoms with Crippen molar-refractivity contribution in [2.24, 2.45) is 5.73 Å². The van der Waals surface area contributed by atoms with Gasteiger partial charge in [-0.15, -0.1) is 0 Å². The van der Waals surface area contributed by atoms with Crippen molar-refractivity contribution < 1.29 is 4.79 Å². The molecule has 138 valence electrons. The van der Waals surface area contributed by atoms with Crippen molar-refractivity contribution in [1.29, 1.82) is 0 Å². The molecule has 0 spiro atoms. The van der Waals surface area contributed by atoms with E-state index in [0.29, 0.717) is 13.1 Å². The lowest BCUT2D eigenvalue weighted by molar-refractivity contribution is -0.136. The van der Waals surface area contributed by atoms with Crippen LogP contribution in [0.15, 0.2) is 54.6 Å². The Labute approximate surface area is 159 Å². The van der Waals surface area contributed by atoms with Crippen LogP contribution in [0.5, 0.6) is 0 Å². The molecule has 2 aromatic carbocycles. The van der Waals surface area contributed by atoms with Gasteiger partial charge in [-0.2, -0.15) is 5.10 Å². The Hall–Kier alpha value is -2.92. The summed E-state index contributed by atoms with van der Waals surface area (Å²) in [7, 11) is 0. The molecule has 2 heterocycles. The molecule has 0 saturated heterocycles. The number of aromatic nitrogens is 2. The minimum Gasteiger partial charge on any atom is -0.336 e. The SMILES string of the molecule is CC(C)(N)C(=O)N1CCc2[nH]nc(-c3ccc(-c4ccccc4)cc3)c2C1. The highest BCUT2D eigenvalue weighted by molar-refractivity contribution is 5.85. The molecule has 1 aromatic heterocycles. The highest BCUT2D eigenvalue weighted by Crippen LogP contribution is 2.30. The maximum Gasteiger partial charge on any atom is 0.242 e. The van der Waals surface area contributed by atoms with Gasteiger partial charge in [0, 0.05) is 36.3 Å². The molecule has 3 N–H and O–H groups in total. The molecule has 0 unspecified atom stereocenters. The first-order chi connectivity index (χ1) is 12.9. The largest absolute Gasteiger partial charge is 0.336 e. The van der Waals surface area contributed by atoms with Crippen LogP contribution in [0.4, 0.5) is 0 Å². The number of nitrogens with two attached hydrogens (primary N) is 1. The molecule has 0 saturated carbocycles. The van der Waals surface area contributed by atoms with Gasteiger partial charge >= 0.3 is 0 Å². The van der Waals surface area contributed by atoms with Crippen LogP contribution in [0.2, 0.25) is 0 Å². The van der Waals surface area contributed by atoms with Crippen molar-refractivity contribution in [3.63, 3.8) is 0 Å². The molecule has 1 aliphatic heterocycles. The summed E-state index contributed by atoms with van der Waals surface area (Å²) in [5.41, 5.74) is 11.7. The molecule has 1 aliphatic rings. The van der Waals surface area contributed by atoms with E-state index in [1.54, 1.807) is 13.8 Å². The van der Waals surface area contributed by atoms with Crippen molar-refractivity contribution in [3.8, 4) is 22.4 Å². The normalized spacial score (nSPS) is 14.1. The lowest BCUT2D eigenvalue weighted by Gasteiger charge is -2.32. The second-order valence-electron chi connectivity index (χ2n) is 7.67. The zero-order chi connectivity index (χ0) is 19.0. The Balaban J connectivity index is 1.62. The van der Waals surface area contributed by atoms with Crippen molar-refractivity contribution in [2.45, 2.75) is 32.4 Å². The van der Waals surface area contributed by atoms with Gasteiger partial charge in [0.15, 0.2) is 0 Å². The van der Waals surface area contributed by atoms with Gasteiger partial charge in [0.2, 0.25) is 5.91 Å². The van der Waals surface area contributed by atoms with E-state index in [0.717, 1.165) is 28.9 Å². The number of rotatable bonds is 3. The van der Waals surface area contributed by atoms with E-state index in [2.05, 4.69) is 46.6 Å². The summed E-state index contributed by atoms with van der Waals surface area (Å²) in [5, 5.41) is 7.68. The summed E-state index contributed by atoms with van der Waals surface area (Å²) >= 11 is 0. The quantitative estimate of drug-likeness (QED) is 0.752. The zero-order valence-corrected chi connectivity index (χ0v) is 15.7. The molecule has 0 radical (unpaired) electrons. The van der Waals surface area contributed by atoms with Gasteiger partial charge in [-0.3, -0.25) is 9.89 Å². The first kappa shape index (κ1) is 17.5. The number of nitrogens with zero attached hydrogens (tertiary/aromatic N) is 2. The van der Waals surface area contributed by atoms with Gasteiger partial charge in [-0.05, 0) is 25.0 Å². The van der Waals surface area contributed by atoms with Crippen molar-refractivity contribution in [2.75, 3.05) is 6.54 Å². The van der Waals surface area contributed by atoms with Crippen molar-refractivity contribution in [1.82, 2.24) is 15.1 Å². The number of carbonyl (C=O) groups is 1. The molecule has 0 fully saturated rings. The van der Waals surface area contributed by atoms with E-state index < -0.39 is 5.54 Å². The monoisotopic (exact) mass is 360 g/mol. The van der Waals surface area contributed by atoms with Crippen LogP contribution in [0.1, 0.15) is 25.1 Å². The maximum atomic E-state index is 12.6. The third-order valence-corrected chi connectivity index (χ3v) is 5.04. The summed E-state index contributed by atoms with van der Waals surface area (Å²) in [4.78, 5) is 14.4. The number of aromatic amines is 1. The number of H-pyrrole nitrogens is 1. The predicted molar refractivity (Wildman–Crippen MR) is 107 cm³/mol. The van der Waals surface area contributed by atoms with Crippen LogP contribution in [0.25, 0.3) is 22.4 Å². The van der Waals surface area contributed by atoms with Gasteiger partial charge in [0.25, 0.3) is 0 Å². The lowest BCUT2D eigenvalue weighted by atomic mass is 9.97. The van der Waals surface area contributed by atoms with Crippen LogP contribution in [-0.4, -0.2) is 33.1 Å². The second kappa shape index (κ2) is 6.67. The minimum absolute atomic E-state index is 0.0280. The van der Waals surface area contributed by atoms with E-state index in [-0.39, 0.29) is 5.91 Å². The van der Waals surface area contributed by atoms with Gasteiger partial charge in [0.1, 0.15) is 0 Å². The molecule has 0 aliphatic carbocycles.